The molecule has 0 radical (unpaired) electrons. The summed E-state index contributed by atoms with van der Waals surface area (Å²) in [6, 6.07) is 0. The van der Waals surface area contributed by atoms with Gasteiger partial charge in [-0.25, -0.2) is 0 Å². The van der Waals surface area contributed by atoms with E-state index in [4.69, 9.17) is 23.2 Å². The predicted molar refractivity (Wildman–Crippen MR) is 21.4 cm³/mol. The molecule has 0 saturated carbocycles. The van der Waals surface area contributed by atoms with E-state index in [-0.39, 0.29) is 0 Å². The summed E-state index contributed by atoms with van der Waals surface area (Å²) in [6.07, 6.45) is 0. The fourth-order valence-electron chi connectivity index (χ4n) is 0. The Kier molecular flexibility index (Phi) is 4.10. The Labute approximate surface area is 35.7 Å². The molecule has 0 nitrogen and oxygen atoms in total. The lowest BCUT2D eigenvalue weighted by Crippen LogP contribution is -1.63. The van der Waals surface area contributed by atoms with Gasteiger partial charge in [-0.15, -0.1) is 23.2 Å². The fraction of sp³-hybridized carbons (Fsp3) is 1.00. The maximum absolute atomic E-state index is 5.05. The maximum atomic E-state index is 5.05. The maximum Gasteiger partial charge on any atom is 0.0359 e. The van der Waals surface area contributed by atoms with Crippen LogP contribution in [0.25, 0.3) is 0 Å². The van der Waals surface area contributed by atoms with Gasteiger partial charge in [-0.1, -0.05) is 0 Å². The molecule has 0 aliphatic carbocycles. The number of alkyl halides is 2. The summed E-state index contributed by atoms with van der Waals surface area (Å²) < 4.78 is 0. The molecule has 0 atom stereocenters. The standard InChI is InChI=1S/C2H4Cl2/c3-1-2-4/h1-2H2/i1+1. The van der Waals surface area contributed by atoms with Crippen LogP contribution in [0, 0.1) is 0 Å². The Balaban J connectivity index is 1.97. The average Bonchev–Trinajstić information content (AvgIpc) is 1.37. The highest BCUT2D eigenvalue weighted by Crippen LogP contribution is 1.75. The zero-order chi connectivity index (χ0) is 3.41. The summed E-state index contributed by atoms with van der Waals surface area (Å²) >= 11 is 10.1. The normalized spacial score (nSPS) is 7.50. The third-order valence-corrected chi connectivity index (χ3v) is 0.643. The molecule has 0 amide bonds. The zero-order valence-electron chi connectivity index (χ0n) is 2.17. The van der Waals surface area contributed by atoms with Crippen molar-refractivity contribution in [3.05, 3.63) is 0 Å². The van der Waals surface area contributed by atoms with Gasteiger partial charge in [0, 0.05) is 11.8 Å². The van der Waals surface area contributed by atoms with E-state index in [0.717, 1.165) is 0 Å². The predicted octanol–water partition coefficient (Wildman–Crippen LogP) is 1.46. The molecule has 0 aromatic heterocycles. The Morgan fingerprint density at radius 3 is 1.25 bits per heavy atom. The monoisotopic (exact) mass is 99.0 g/mol. The van der Waals surface area contributed by atoms with Gasteiger partial charge in [0.15, 0.2) is 0 Å². The molecular weight excluding hydrogens is 95.9 g/mol. The van der Waals surface area contributed by atoms with Gasteiger partial charge in [-0.05, 0) is 0 Å². The van der Waals surface area contributed by atoms with Gasteiger partial charge < -0.3 is 0 Å². The van der Waals surface area contributed by atoms with E-state index in [9.17, 15) is 0 Å². The highest BCUT2D eigenvalue weighted by Gasteiger charge is 1.61. The van der Waals surface area contributed by atoms with Crippen LogP contribution in [0.1, 0.15) is 0 Å². The van der Waals surface area contributed by atoms with Crippen LogP contribution in [-0.4, -0.2) is 11.8 Å². The molecule has 0 bridgehead atoms. The Bertz CT molecular complexity index is 6.00. The second-order valence-corrected chi connectivity index (χ2v) is 1.13. The fourth-order valence-corrected chi connectivity index (χ4v) is 0. The molecule has 26 valence electrons. The average molecular weight is 100.0 g/mol. The first kappa shape index (κ1) is 4.58. The van der Waals surface area contributed by atoms with Crippen molar-refractivity contribution in [3.63, 3.8) is 0 Å². The van der Waals surface area contributed by atoms with Gasteiger partial charge >= 0.3 is 0 Å². The molecule has 0 heterocycles. The van der Waals surface area contributed by atoms with Crippen LogP contribution in [0.15, 0.2) is 0 Å². The summed E-state index contributed by atoms with van der Waals surface area (Å²) in [5, 5.41) is 0. The molecule has 0 spiro atoms. The van der Waals surface area contributed by atoms with Crippen molar-refractivity contribution in [2.75, 3.05) is 11.8 Å². The second kappa shape index (κ2) is 3.58. The lowest BCUT2D eigenvalue weighted by Gasteiger charge is -1.63. The molecule has 0 fully saturated rings. The molecule has 0 aliphatic rings. The molecule has 0 rings (SSSR count). The lowest BCUT2D eigenvalue weighted by atomic mass is 11.3. The van der Waals surface area contributed by atoms with Gasteiger partial charge in [-0.2, -0.15) is 0 Å². The summed E-state index contributed by atoms with van der Waals surface area (Å²) in [4.78, 5) is 0. The van der Waals surface area contributed by atoms with Crippen molar-refractivity contribution in [3.8, 4) is 0 Å². The molecule has 4 heavy (non-hydrogen) atoms. The number of hydrogen-bond donors (Lipinski definition) is 0. The quantitative estimate of drug-likeness (QED) is 0.345. The van der Waals surface area contributed by atoms with Crippen LogP contribution in [0.5, 0.6) is 0 Å². The van der Waals surface area contributed by atoms with E-state index >= 15 is 0 Å². The number of rotatable bonds is 1. The van der Waals surface area contributed by atoms with Crippen LogP contribution < -0.4 is 0 Å². The van der Waals surface area contributed by atoms with Gasteiger partial charge in [-0.3, -0.25) is 0 Å². The third-order valence-electron chi connectivity index (χ3n) is 0.0714. The highest BCUT2D eigenvalue weighted by atomic mass is 35.5. The van der Waals surface area contributed by atoms with E-state index in [1.54, 1.807) is 0 Å². The van der Waals surface area contributed by atoms with Gasteiger partial charge in [0.1, 0.15) is 0 Å². The lowest BCUT2D eigenvalue weighted by molar-refractivity contribution is 1.52. The number of hydrogen-bond acceptors (Lipinski definition) is 0. The van der Waals surface area contributed by atoms with E-state index in [2.05, 4.69) is 0 Å². The minimum Gasteiger partial charge on any atom is -0.125 e. The molecule has 0 aromatic rings. The Hall–Kier alpha value is 0.580. The Morgan fingerprint density at radius 2 is 1.25 bits per heavy atom. The topological polar surface area (TPSA) is 0 Å². The number of halogens is 2. The Morgan fingerprint density at radius 1 is 1.00 bits per heavy atom. The first-order valence-electron chi connectivity index (χ1n) is 1.03. The minimum atomic E-state index is 0.557. The van der Waals surface area contributed by atoms with Crippen LogP contribution in [0.4, 0.5) is 0 Å². The molecule has 0 N–H and O–H groups in total. The first-order valence-corrected chi connectivity index (χ1v) is 2.10. The molecule has 0 aliphatic heterocycles. The third kappa shape index (κ3) is 2.58. The molecule has 0 aromatic carbocycles. The summed E-state index contributed by atoms with van der Waals surface area (Å²) in [5.74, 6) is 1.11. The van der Waals surface area contributed by atoms with Crippen molar-refractivity contribution >= 4 is 23.2 Å². The smallest absolute Gasteiger partial charge is 0.0359 e. The molecular formula is C2H4Cl2. The summed E-state index contributed by atoms with van der Waals surface area (Å²) in [6.45, 7) is 0. The van der Waals surface area contributed by atoms with E-state index < -0.39 is 0 Å². The largest absolute Gasteiger partial charge is 0.125 e. The second-order valence-electron chi connectivity index (χ2n) is 0.378. The van der Waals surface area contributed by atoms with Crippen molar-refractivity contribution in [2.45, 2.75) is 0 Å². The van der Waals surface area contributed by atoms with E-state index in [1.807, 2.05) is 0 Å². The van der Waals surface area contributed by atoms with Crippen LogP contribution in [0.3, 0.4) is 0 Å². The van der Waals surface area contributed by atoms with Crippen LogP contribution in [-0.2, 0) is 0 Å². The van der Waals surface area contributed by atoms with Gasteiger partial charge in [0.05, 0.1) is 0 Å². The molecule has 2 heteroatoms. The minimum absolute atomic E-state index is 0.557. The molecule has 0 unspecified atom stereocenters. The van der Waals surface area contributed by atoms with Gasteiger partial charge in [0.2, 0.25) is 0 Å². The molecule has 0 saturated heterocycles. The SMILES string of the molecule is ClC[13CH2]Cl. The zero-order valence-corrected chi connectivity index (χ0v) is 3.68. The van der Waals surface area contributed by atoms with E-state index in [1.165, 1.54) is 0 Å². The van der Waals surface area contributed by atoms with E-state index in [0.29, 0.717) is 11.8 Å². The van der Waals surface area contributed by atoms with Gasteiger partial charge in [0.25, 0.3) is 0 Å². The highest BCUT2D eigenvalue weighted by molar-refractivity contribution is 6.25. The van der Waals surface area contributed by atoms with Crippen LogP contribution in [0.2, 0.25) is 0 Å². The summed E-state index contributed by atoms with van der Waals surface area (Å²) in [7, 11) is 0. The van der Waals surface area contributed by atoms with Crippen molar-refractivity contribution in [1.29, 1.82) is 0 Å². The van der Waals surface area contributed by atoms with Crippen molar-refractivity contribution in [2.24, 2.45) is 0 Å². The van der Waals surface area contributed by atoms with Crippen molar-refractivity contribution in [1.82, 2.24) is 0 Å². The first-order chi connectivity index (χ1) is 1.91. The van der Waals surface area contributed by atoms with Crippen molar-refractivity contribution < 1.29 is 0 Å². The van der Waals surface area contributed by atoms with Crippen LogP contribution >= 0.6 is 23.2 Å². The summed E-state index contributed by atoms with van der Waals surface area (Å²) in [5.41, 5.74) is 0.